The highest BCUT2D eigenvalue weighted by atomic mass is 19.4. The van der Waals surface area contributed by atoms with Gasteiger partial charge in [-0.1, -0.05) is 12.1 Å². The molecule has 0 aliphatic heterocycles. The first kappa shape index (κ1) is 19.5. The number of ketones is 2. The Morgan fingerprint density at radius 1 is 0.692 bits per heavy atom. The maximum absolute atomic E-state index is 13.5. The van der Waals surface area contributed by atoms with Gasteiger partial charge in [0.15, 0.2) is 34.8 Å². The Bertz CT molecular complexity index is 856. The predicted molar refractivity (Wildman–Crippen MR) is 71.0 cm³/mol. The fourth-order valence-corrected chi connectivity index (χ4v) is 2.03. The third kappa shape index (κ3) is 3.58. The summed E-state index contributed by atoms with van der Waals surface area (Å²) in [6.45, 7) is 0. The molecule has 2 aromatic rings. The second kappa shape index (κ2) is 6.85. The molecule has 2 rings (SSSR count). The molecule has 0 N–H and O–H groups in total. The van der Waals surface area contributed by atoms with Crippen molar-refractivity contribution in [1.29, 1.82) is 0 Å². The predicted octanol–water partition coefficient (Wildman–Crippen LogP) is 4.86. The number of hydrogen-bond acceptors (Lipinski definition) is 2. The van der Waals surface area contributed by atoms with Gasteiger partial charge < -0.3 is 0 Å². The molecule has 0 spiro atoms. The lowest BCUT2D eigenvalue weighted by molar-refractivity contribution is -0.137. The van der Waals surface area contributed by atoms with E-state index >= 15 is 0 Å². The highest BCUT2D eigenvalue weighted by Crippen LogP contribution is 2.29. The van der Waals surface area contributed by atoms with Crippen LogP contribution in [0.4, 0.5) is 35.1 Å². The first-order chi connectivity index (χ1) is 11.9. The number of hydrogen-bond donors (Lipinski definition) is 0. The standard InChI is InChI=1S/C16H6F8O2/c17-11-10(12(18)14(20)15(21)13(11)19)9(26)5-8(25)6-1-3-7(4-2-6)16(22,23)24/h1-4H,5H2. The Morgan fingerprint density at radius 2 is 1.12 bits per heavy atom. The molecule has 0 unspecified atom stereocenters. The molecule has 0 bridgehead atoms. The van der Waals surface area contributed by atoms with Crippen molar-refractivity contribution in [1.82, 2.24) is 0 Å². The van der Waals surface area contributed by atoms with E-state index in [1.807, 2.05) is 0 Å². The lowest BCUT2D eigenvalue weighted by Crippen LogP contribution is -2.16. The maximum atomic E-state index is 13.5. The summed E-state index contributed by atoms with van der Waals surface area (Å²) in [6, 6.07) is 2.51. The van der Waals surface area contributed by atoms with Crippen LogP contribution in [0.1, 0.15) is 32.7 Å². The Morgan fingerprint density at radius 3 is 1.54 bits per heavy atom. The topological polar surface area (TPSA) is 34.1 Å². The summed E-state index contributed by atoms with van der Waals surface area (Å²) in [7, 11) is 0. The van der Waals surface area contributed by atoms with Crippen LogP contribution < -0.4 is 0 Å². The van der Waals surface area contributed by atoms with Gasteiger partial charge in [0, 0.05) is 5.56 Å². The molecule has 2 nitrogen and oxygen atoms in total. The van der Waals surface area contributed by atoms with Crippen LogP contribution in [0.25, 0.3) is 0 Å². The van der Waals surface area contributed by atoms with Crippen molar-refractivity contribution in [3.8, 4) is 0 Å². The molecule has 0 aromatic heterocycles. The maximum Gasteiger partial charge on any atom is 0.416 e. The lowest BCUT2D eigenvalue weighted by atomic mass is 9.99. The second-order valence-corrected chi connectivity index (χ2v) is 5.04. The van der Waals surface area contributed by atoms with E-state index < -0.39 is 69.9 Å². The van der Waals surface area contributed by atoms with Crippen molar-refractivity contribution in [3.63, 3.8) is 0 Å². The van der Waals surface area contributed by atoms with Crippen molar-refractivity contribution in [3.05, 3.63) is 70.0 Å². The lowest BCUT2D eigenvalue weighted by Gasteiger charge is -2.08. The van der Waals surface area contributed by atoms with E-state index in [-0.39, 0.29) is 0 Å². The third-order valence-electron chi connectivity index (χ3n) is 3.34. The van der Waals surface area contributed by atoms with Gasteiger partial charge in [0.25, 0.3) is 0 Å². The quantitative estimate of drug-likeness (QED) is 0.249. The molecule has 0 saturated heterocycles. The third-order valence-corrected chi connectivity index (χ3v) is 3.34. The van der Waals surface area contributed by atoms with Crippen molar-refractivity contribution in [2.24, 2.45) is 0 Å². The first-order valence-corrected chi connectivity index (χ1v) is 6.70. The average molecular weight is 382 g/mol. The molecule has 0 aliphatic carbocycles. The number of alkyl halides is 3. The zero-order valence-corrected chi connectivity index (χ0v) is 12.4. The van der Waals surface area contributed by atoms with E-state index in [1.54, 1.807) is 0 Å². The molecule has 0 radical (unpaired) electrons. The van der Waals surface area contributed by atoms with Gasteiger partial charge in [-0.05, 0) is 12.1 Å². The smallest absolute Gasteiger partial charge is 0.294 e. The zero-order valence-electron chi connectivity index (χ0n) is 12.4. The van der Waals surface area contributed by atoms with Gasteiger partial charge in [0.1, 0.15) is 0 Å². The van der Waals surface area contributed by atoms with Crippen molar-refractivity contribution < 1.29 is 44.7 Å². The highest BCUT2D eigenvalue weighted by molar-refractivity contribution is 6.13. The van der Waals surface area contributed by atoms with Crippen molar-refractivity contribution >= 4 is 11.6 Å². The Kier molecular flexibility index (Phi) is 5.15. The number of rotatable bonds is 4. The van der Waals surface area contributed by atoms with Crippen LogP contribution in [0.5, 0.6) is 0 Å². The fraction of sp³-hybridized carbons (Fsp3) is 0.125. The average Bonchev–Trinajstić information content (AvgIpc) is 2.57. The largest absolute Gasteiger partial charge is 0.416 e. The molecule has 0 amide bonds. The minimum absolute atomic E-state index is 0.407. The molecule has 0 heterocycles. The fourth-order valence-electron chi connectivity index (χ4n) is 2.03. The summed E-state index contributed by atoms with van der Waals surface area (Å²) in [6.07, 6.45) is -5.98. The summed E-state index contributed by atoms with van der Waals surface area (Å²) in [5.41, 5.74) is -3.28. The van der Waals surface area contributed by atoms with Crippen molar-refractivity contribution in [2.45, 2.75) is 12.6 Å². The molecular formula is C16H6F8O2. The number of benzene rings is 2. The second-order valence-electron chi connectivity index (χ2n) is 5.04. The van der Waals surface area contributed by atoms with E-state index in [9.17, 15) is 44.7 Å². The van der Waals surface area contributed by atoms with Crippen LogP contribution in [0, 0.1) is 29.1 Å². The minimum Gasteiger partial charge on any atom is -0.294 e. The van der Waals surface area contributed by atoms with E-state index in [0.717, 1.165) is 12.1 Å². The molecule has 10 heteroatoms. The van der Waals surface area contributed by atoms with Crippen LogP contribution >= 0.6 is 0 Å². The van der Waals surface area contributed by atoms with Gasteiger partial charge in [-0.15, -0.1) is 0 Å². The summed E-state index contributed by atoms with van der Waals surface area (Å²) >= 11 is 0. The Balaban J connectivity index is 2.30. The number of halogens is 8. The van der Waals surface area contributed by atoms with Gasteiger partial charge in [0.05, 0.1) is 17.5 Å². The van der Waals surface area contributed by atoms with E-state index in [4.69, 9.17) is 0 Å². The summed E-state index contributed by atoms with van der Waals surface area (Å²) in [5, 5.41) is 0. The SMILES string of the molecule is O=C(CC(=O)c1c(F)c(F)c(F)c(F)c1F)c1ccc(C(F)(F)F)cc1. The number of carbonyl (C=O) groups excluding carboxylic acids is 2. The van der Waals surface area contributed by atoms with Gasteiger partial charge in [-0.25, -0.2) is 22.0 Å². The van der Waals surface area contributed by atoms with Gasteiger partial charge in [-0.2, -0.15) is 13.2 Å². The number of carbonyl (C=O) groups is 2. The minimum atomic E-state index is -4.67. The van der Waals surface area contributed by atoms with E-state index in [1.165, 1.54) is 0 Å². The summed E-state index contributed by atoms with van der Waals surface area (Å²) in [4.78, 5) is 23.6. The molecule has 2 aromatic carbocycles. The summed E-state index contributed by atoms with van der Waals surface area (Å²) in [5.74, 6) is -14.8. The molecule has 0 aliphatic rings. The molecule has 138 valence electrons. The monoisotopic (exact) mass is 382 g/mol. The molecule has 0 atom stereocenters. The van der Waals surface area contributed by atoms with Crippen molar-refractivity contribution in [2.75, 3.05) is 0 Å². The van der Waals surface area contributed by atoms with E-state index in [2.05, 4.69) is 0 Å². The Hall–Kier alpha value is -2.78. The normalized spacial score (nSPS) is 11.5. The number of Topliss-reactive ketones (excluding diaryl/α,β-unsaturated/α-hetero) is 2. The summed E-state index contributed by atoms with van der Waals surface area (Å²) < 4.78 is 103. The highest BCUT2D eigenvalue weighted by Gasteiger charge is 2.32. The van der Waals surface area contributed by atoms with Gasteiger partial charge in [-0.3, -0.25) is 9.59 Å². The Labute approximate surface area is 140 Å². The molecular weight excluding hydrogens is 376 g/mol. The van der Waals surface area contributed by atoms with Gasteiger partial charge in [0.2, 0.25) is 5.82 Å². The zero-order chi connectivity index (χ0) is 19.8. The van der Waals surface area contributed by atoms with Crippen LogP contribution in [0.3, 0.4) is 0 Å². The van der Waals surface area contributed by atoms with Crippen LogP contribution in [0.15, 0.2) is 24.3 Å². The molecule has 26 heavy (non-hydrogen) atoms. The first-order valence-electron chi connectivity index (χ1n) is 6.70. The van der Waals surface area contributed by atoms with Gasteiger partial charge >= 0.3 is 6.18 Å². The molecule has 0 saturated carbocycles. The van der Waals surface area contributed by atoms with Crippen LogP contribution in [0.2, 0.25) is 0 Å². The van der Waals surface area contributed by atoms with Crippen LogP contribution in [-0.2, 0) is 6.18 Å². The van der Waals surface area contributed by atoms with E-state index in [0.29, 0.717) is 12.1 Å². The van der Waals surface area contributed by atoms with Crippen LogP contribution in [-0.4, -0.2) is 11.6 Å². The molecule has 0 fully saturated rings.